The van der Waals surface area contributed by atoms with Gasteiger partial charge in [0.1, 0.15) is 11.0 Å². The molecule has 0 saturated carbocycles. The van der Waals surface area contributed by atoms with Crippen molar-refractivity contribution in [1.82, 2.24) is 4.72 Å². The molecule has 6 nitrogen and oxygen atoms in total. The van der Waals surface area contributed by atoms with Crippen molar-refractivity contribution >= 4 is 21.4 Å². The highest BCUT2D eigenvalue weighted by molar-refractivity contribution is 7.89. The number of benzene rings is 1. The average molecular weight is 295 g/mol. The van der Waals surface area contributed by atoms with Crippen molar-refractivity contribution < 1.29 is 22.3 Å². The minimum Gasteiger partial charge on any atom is -0.399 e. The third-order valence-electron chi connectivity index (χ3n) is 2.36. The van der Waals surface area contributed by atoms with E-state index in [1.54, 1.807) is 0 Å². The lowest BCUT2D eigenvalue weighted by molar-refractivity contribution is 0.00382. The van der Waals surface area contributed by atoms with E-state index in [1.807, 2.05) is 0 Å². The maximum absolute atomic E-state index is 12.2. The van der Waals surface area contributed by atoms with Gasteiger partial charge in [-0.25, -0.2) is 21.9 Å². The lowest BCUT2D eigenvalue weighted by Gasteiger charge is -2.15. The first-order valence-electron chi connectivity index (χ1n) is 5.31. The zero-order chi connectivity index (χ0) is 14.6. The maximum atomic E-state index is 12.2. The second-order valence-corrected chi connectivity index (χ2v) is 5.60. The fraction of sp³-hybridized carbons (Fsp3) is 0.400. The monoisotopic (exact) mass is 295 g/mol. The second kappa shape index (κ2) is 6.13. The predicted molar refractivity (Wildman–Crippen MR) is 67.6 cm³/mol. The van der Waals surface area contributed by atoms with Gasteiger partial charge in [-0.3, -0.25) is 0 Å². The molecule has 0 bridgehead atoms. The number of nitrogen functional groups attached to an aromatic ring is 1. The molecular weight excluding hydrogens is 280 g/mol. The van der Waals surface area contributed by atoms with E-state index in [0.29, 0.717) is 0 Å². The third-order valence-corrected chi connectivity index (χ3v) is 3.81. The largest absolute Gasteiger partial charge is 0.399 e. The number of aliphatic hydroxyl groups is 1. The van der Waals surface area contributed by atoms with Crippen molar-refractivity contribution in [3.8, 4) is 0 Å². The Bertz CT molecular complexity index is 537. The standard InChI is InChI=1S/C10H15F2N3O3S/c1-14-19(17,18)9-4-6(13)2-3-7(9)15-5-8(16)10(11)12/h2-4,8,10,14-16H,5,13H2,1H3. The topological polar surface area (TPSA) is 104 Å². The van der Waals surface area contributed by atoms with Gasteiger partial charge in [-0.2, -0.15) is 0 Å². The van der Waals surface area contributed by atoms with Gasteiger partial charge in [0.2, 0.25) is 10.0 Å². The number of nitrogens with one attached hydrogen (secondary N) is 2. The first-order valence-corrected chi connectivity index (χ1v) is 6.79. The molecule has 19 heavy (non-hydrogen) atoms. The van der Waals surface area contributed by atoms with E-state index in [9.17, 15) is 17.2 Å². The molecule has 9 heteroatoms. The molecule has 0 aliphatic carbocycles. The van der Waals surface area contributed by atoms with E-state index < -0.39 is 29.1 Å². The Morgan fingerprint density at radius 1 is 1.42 bits per heavy atom. The minimum absolute atomic E-state index is 0.0863. The van der Waals surface area contributed by atoms with Crippen LogP contribution in [0.5, 0.6) is 0 Å². The van der Waals surface area contributed by atoms with Crippen LogP contribution in [0.3, 0.4) is 0 Å². The summed E-state index contributed by atoms with van der Waals surface area (Å²) in [6, 6.07) is 3.96. The summed E-state index contributed by atoms with van der Waals surface area (Å²) in [4.78, 5) is -0.170. The van der Waals surface area contributed by atoms with Gasteiger partial charge in [-0.1, -0.05) is 0 Å². The number of alkyl halides is 2. The van der Waals surface area contributed by atoms with E-state index in [2.05, 4.69) is 10.0 Å². The van der Waals surface area contributed by atoms with Crippen molar-refractivity contribution in [2.75, 3.05) is 24.6 Å². The summed E-state index contributed by atoms with van der Waals surface area (Å²) >= 11 is 0. The molecule has 0 aliphatic rings. The van der Waals surface area contributed by atoms with Crippen LogP contribution in [0.25, 0.3) is 0 Å². The molecule has 5 N–H and O–H groups in total. The normalized spacial score (nSPS) is 13.5. The summed E-state index contributed by atoms with van der Waals surface area (Å²) in [6.45, 7) is -0.478. The molecule has 108 valence electrons. The Morgan fingerprint density at radius 2 is 2.05 bits per heavy atom. The van der Waals surface area contributed by atoms with E-state index in [-0.39, 0.29) is 16.3 Å². The molecule has 0 aliphatic heterocycles. The third kappa shape index (κ3) is 4.01. The van der Waals surface area contributed by atoms with Gasteiger partial charge >= 0.3 is 0 Å². The van der Waals surface area contributed by atoms with Crippen LogP contribution in [0.15, 0.2) is 23.1 Å². The van der Waals surface area contributed by atoms with Gasteiger partial charge in [0, 0.05) is 12.2 Å². The molecule has 1 rings (SSSR count). The van der Waals surface area contributed by atoms with E-state index in [1.165, 1.54) is 25.2 Å². The SMILES string of the molecule is CNS(=O)(=O)c1cc(N)ccc1NCC(O)C(F)F. The molecule has 0 radical (unpaired) electrons. The van der Waals surface area contributed by atoms with Crippen LogP contribution >= 0.6 is 0 Å². The number of nitrogens with two attached hydrogens (primary N) is 1. The van der Waals surface area contributed by atoms with Crippen LogP contribution < -0.4 is 15.8 Å². The Balaban J connectivity index is 3.02. The molecule has 1 aromatic rings. The van der Waals surface area contributed by atoms with Gasteiger partial charge in [-0.05, 0) is 25.2 Å². The summed E-state index contributed by atoms with van der Waals surface area (Å²) < 4.78 is 49.9. The summed E-state index contributed by atoms with van der Waals surface area (Å²) in [5, 5.41) is 11.4. The summed E-state index contributed by atoms with van der Waals surface area (Å²) in [5.41, 5.74) is 5.80. The molecule has 0 spiro atoms. The number of aliphatic hydroxyl groups excluding tert-OH is 1. The summed E-state index contributed by atoms with van der Waals surface area (Å²) in [6.07, 6.45) is -4.80. The second-order valence-electron chi connectivity index (χ2n) is 3.75. The smallest absolute Gasteiger partial charge is 0.265 e. The molecule has 0 fully saturated rings. The Kier molecular flexibility index (Phi) is 5.04. The summed E-state index contributed by atoms with van der Waals surface area (Å²) in [7, 11) is -2.56. The highest BCUT2D eigenvalue weighted by atomic mass is 32.2. The number of hydrogen-bond acceptors (Lipinski definition) is 5. The number of sulfonamides is 1. The van der Waals surface area contributed by atoms with Crippen LogP contribution in [0.2, 0.25) is 0 Å². The highest BCUT2D eigenvalue weighted by Crippen LogP contribution is 2.23. The molecule has 0 saturated heterocycles. The lowest BCUT2D eigenvalue weighted by atomic mass is 10.2. The quantitative estimate of drug-likeness (QED) is 0.562. The van der Waals surface area contributed by atoms with Gasteiger partial charge in [0.25, 0.3) is 6.43 Å². The molecular formula is C10H15F2N3O3S. The molecule has 1 atom stereocenters. The van der Waals surface area contributed by atoms with Crippen molar-refractivity contribution in [1.29, 1.82) is 0 Å². The first-order chi connectivity index (χ1) is 8.77. The average Bonchev–Trinajstić information content (AvgIpc) is 2.36. The number of halogens is 2. The van der Waals surface area contributed by atoms with Gasteiger partial charge in [0.05, 0.1) is 5.69 Å². The molecule has 0 heterocycles. The molecule has 1 aromatic carbocycles. The van der Waals surface area contributed by atoms with Gasteiger partial charge in [-0.15, -0.1) is 0 Å². The highest BCUT2D eigenvalue weighted by Gasteiger charge is 2.20. The van der Waals surface area contributed by atoms with Gasteiger partial charge in [0.15, 0.2) is 0 Å². The number of hydrogen-bond donors (Lipinski definition) is 4. The fourth-order valence-corrected chi connectivity index (χ4v) is 2.26. The lowest BCUT2D eigenvalue weighted by Crippen LogP contribution is -2.28. The van der Waals surface area contributed by atoms with E-state index in [4.69, 9.17) is 10.8 Å². The van der Waals surface area contributed by atoms with Crippen molar-refractivity contribution in [3.05, 3.63) is 18.2 Å². The molecule has 0 amide bonds. The Labute approximate surface area is 109 Å². The maximum Gasteiger partial charge on any atom is 0.265 e. The number of rotatable bonds is 6. The zero-order valence-corrected chi connectivity index (χ0v) is 10.9. The molecule has 1 unspecified atom stereocenters. The zero-order valence-electron chi connectivity index (χ0n) is 10.1. The van der Waals surface area contributed by atoms with Gasteiger partial charge < -0.3 is 16.2 Å². The molecule has 0 aromatic heterocycles. The predicted octanol–water partition coefficient (Wildman–Crippen LogP) is 0.215. The van der Waals surface area contributed by atoms with Crippen LogP contribution in [-0.4, -0.2) is 39.6 Å². The Hall–Kier alpha value is -1.45. The fourth-order valence-electron chi connectivity index (χ4n) is 1.32. The van der Waals surface area contributed by atoms with Crippen LogP contribution in [0, 0.1) is 0 Å². The van der Waals surface area contributed by atoms with E-state index in [0.717, 1.165) is 0 Å². The van der Waals surface area contributed by atoms with Crippen molar-refractivity contribution in [3.63, 3.8) is 0 Å². The van der Waals surface area contributed by atoms with Crippen molar-refractivity contribution in [2.24, 2.45) is 0 Å². The number of anilines is 2. The van der Waals surface area contributed by atoms with Crippen LogP contribution in [-0.2, 0) is 10.0 Å². The van der Waals surface area contributed by atoms with Crippen LogP contribution in [0.1, 0.15) is 0 Å². The summed E-state index contributed by atoms with van der Waals surface area (Å²) in [5.74, 6) is 0. The Morgan fingerprint density at radius 3 is 2.58 bits per heavy atom. The van der Waals surface area contributed by atoms with Crippen LogP contribution in [0.4, 0.5) is 20.2 Å². The first kappa shape index (κ1) is 15.6. The minimum atomic E-state index is -3.78. The van der Waals surface area contributed by atoms with Crippen molar-refractivity contribution in [2.45, 2.75) is 17.4 Å². The van der Waals surface area contributed by atoms with E-state index >= 15 is 0 Å².